The lowest BCUT2D eigenvalue weighted by Gasteiger charge is -2.29. The van der Waals surface area contributed by atoms with Gasteiger partial charge < -0.3 is 15.4 Å². The molecule has 2 aliphatic rings. The van der Waals surface area contributed by atoms with Gasteiger partial charge in [-0.05, 0) is 44.7 Å². The zero-order valence-corrected chi connectivity index (χ0v) is 12.1. The summed E-state index contributed by atoms with van der Waals surface area (Å²) in [4.78, 5) is 11.9. The second-order valence-corrected chi connectivity index (χ2v) is 5.97. The van der Waals surface area contributed by atoms with Gasteiger partial charge in [0, 0.05) is 6.04 Å². The molecule has 2 N–H and O–H groups in total. The first-order chi connectivity index (χ1) is 9.28. The number of piperidine rings is 1. The van der Waals surface area contributed by atoms with Crippen LogP contribution in [0, 0.1) is 5.92 Å². The van der Waals surface area contributed by atoms with Crippen LogP contribution in [0.2, 0.25) is 0 Å². The van der Waals surface area contributed by atoms with Crippen LogP contribution < -0.4 is 10.6 Å². The summed E-state index contributed by atoms with van der Waals surface area (Å²) in [6.07, 6.45) is 8.40. The van der Waals surface area contributed by atoms with E-state index in [1.165, 1.54) is 19.3 Å². The molecule has 2 fully saturated rings. The van der Waals surface area contributed by atoms with Gasteiger partial charge in [0.15, 0.2) is 0 Å². The number of carbonyl (C=O) groups excluding carboxylic acids is 1. The summed E-state index contributed by atoms with van der Waals surface area (Å²) in [5.74, 6) is 0.865. The number of hydrogen-bond acceptors (Lipinski definition) is 3. The van der Waals surface area contributed by atoms with E-state index >= 15 is 0 Å². The first-order valence-electron chi connectivity index (χ1n) is 7.89. The molecule has 1 heterocycles. The van der Waals surface area contributed by atoms with Crippen molar-refractivity contribution in [1.29, 1.82) is 0 Å². The molecule has 1 aliphatic heterocycles. The first-order valence-corrected chi connectivity index (χ1v) is 7.89. The number of ether oxygens (including phenoxy) is 1. The molecule has 1 saturated heterocycles. The highest BCUT2D eigenvalue weighted by Crippen LogP contribution is 2.26. The number of rotatable bonds is 5. The molecule has 2 unspecified atom stereocenters. The third-order valence-corrected chi connectivity index (χ3v) is 4.46. The van der Waals surface area contributed by atoms with Crippen LogP contribution in [0.15, 0.2) is 0 Å². The molecule has 1 aliphatic carbocycles. The van der Waals surface area contributed by atoms with Crippen LogP contribution in [0.25, 0.3) is 0 Å². The summed E-state index contributed by atoms with van der Waals surface area (Å²) in [6.45, 7) is 4.49. The third kappa shape index (κ3) is 5.11. The van der Waals surface area contributed by atoms with Crippen LogP contribution >= 0.6 is 0 Å². The molecule has 2 rings (SSSR count). The summed E-state index contributed by atoms with van der Waals surface area (Å²) in [5.41, 5.74) is 0. The predicted molar refractivity (Wildman–Crippen MR) is 76.0 cm³/mol. The van der Waals surface area contributed by atoms with E-state index in [4.69, 9.17) is 4.74 Å². The molecule has 4 nitrogen and oxygen atoms in total. The van der Waals surface area contributed by atoms with Crippen molar-refractivity contribution in [2.24, 2.45) is 5.92 Å². The summed E-state index contributed by atoms with van der Waals surface area (Å²) in [5, 5.41) is 6.44. The van der Waals surface area contributed by atoms with E-state index in [1.807, 2.05) is 0 Å². The van der Waals surface area contributed by atoms with Gasteiger partial charge >= 0.3 is 0 Å². The third-order valence-electron chi connectivity index (χ3n) is 4.46. The van der Waals surface area contributed by atoms with Gasteiger partial charge in [-0.25, -0.2) is 0 Å². The fourth-order valence-electron chi connectivity index (χ4n) is 3.22. The van der Waals surface area contributed by atoms with Gasteiger partial charge in [0.1, 0.15) is 6.61 Å². The second-order valence-electron chi connectivity index (χ2n) is 5.97. The molecular weight excluding hydrogens is 240 g/mol. The lowest BCUT2D eigenvalue weighted by molar-refractivity contribution is -0.129. The Balaban J connectivity index is 1.63. The summed E-state index contributed by atoms with van der Waals surface area (Å²) < 4.78 is 5.69. The average Bonchev–Trinajstić information content (AvgIpc) is 2.46. The van der Waals surface area contributed by atoms with Crippen molar-refractivity contribution in [3.63, 3.8) is 0 Å². The monoisotopic (exact) mass is 268 g/mol. The summed E-state index contributed by atoms with van der Waals surface area (Å²) in [6, 6.07) is 0.378. The van der Waals surface area contributed by atoms with Crippen molar-refractivity contribution < 1.29 is 9.53 Å². The maximum absolute atomic E-state index is 11.9. The van der Waals surface area contributed by atoms with Gasteiger partial charge in [-0.3, -0.25) is 4.79 Å². The van der Waals surface area contributed by atoms with Crippen molar-refractivity contribution in [3.05, 3.63) is 0 Å². The van der Waals surface area contributed by atoms with Crippen molar-refractivity contribution in [2.75, 3.05) is 19.7 Å². The lowest BCUT2D eigenvalue weighted by atomic mass is 9.84. The Kier molecular flexibility index (Phi) is 6.11. The maximum Gasteiger partial charge on any atom is 0.246 e. The van der Waals surface area contributed by atoms with Gasteiger partial charge in [0.05, 0.1) is 6.10 Å². The van der Waals surface area contributed by atoms with Crippen molar-refractivity contribution in [2.45, 2.75) is 64.0 Å². The van der Waals surface area contributed by atoms with Crippen LogP contribution in [-0.2, 0) is 9.53 Å². The SMILES string of the molecule is CCC1CCCC(NC(=O)COC2CCNCC2)C1. The molecule has 1 amide bonds. The molecule has 4 heteroatoms. The highest BCUT2D eigenvalue weighted by Gasteiger charge is 2.22. The molecule has 0 radical (unpaired) electrons. The summed E-state index contributed by atoms with van der Waals surface area (Å²) >= 11 is 0. The molecule has 110 valence electrons. The minimum Gasteiger partial charge on any atom is -0.368 e. The van der Waals surface area contributed by atoms with Crippen molar-refractivity contribution in [1.82, 2.24) is 10.6 Å². The van der Waals surface area contributed by atoms with Crippen LogP contribution in [0.5, 0.6) is 0 Å². The van der Waals surface area contributed by atoms with E-state index in [1.54, 1.807) is 0 Å². The minimum absolute atomic E-state index is 0.0697. The molecule has 0 aromatic heterocycles. The Morgan fingerprint density at radius 1 is 1.26 bits per heavy atom. The molecule has 0 bridgehead atoms. The number of nitrogens with one attached hydrogen (secondary N) is 2. The lowest BCUT2D eigenvalue weighted by Crippen LogP contribution is -2.41. The van der Waals surface area contributed by atoms with Gasteiger partial charge in [-0.1, -0.05) is 26.2 Å². The molecule has 0 aromatic rings. The van der Waals surface area contributed by atoms with Crippen LogP contribution in [-0.4, -0.2) is 37.7 Å². The minimum atomic E-state index is 0.0697. The van der Waals surface area contributed by atoms with E-state index in [0.717, 1.165) is 44.7 Å². The predicted octanol–water partition coefficient (Wildman–Crippen LogP) is 1.84. The van der Waals surface area contributed by atoms with E-state index in [-0.39, 0.29) is 18.6 Å². The Hall–Kier alpha value is -0.610. The number of carbonyl (C=O) groups is 1. The Morgan fingerprint density at radius 3 is 2.79 bits per heavy atom. The average molecular weight is 268 g/mol. The molecule has 0 aromatic carbocycles. The fraction of sp³-hybridized carbons (Fsp3) is 0.933. The topological polar surface area (TPSA) is 50.4 Å². The van der Waals surface area contributed by atoms with Crippen molar-refractivity contribution in [3.8, 4) is 0 Å². The standard InChI is InChI=1S/C15H28N2O2/c1-2-12-4-3-5-13(10-12)17-15(18)11-19-14-6-8-16-9-7-14/h12-14,16H,2-11H2,1H3,(H,17,18). The number of hydrogen-bond donors (Lipinski definition) is 2. The van der Waals surface area contributed by atoms with E-state index in [9.17, 15) is 4.79 Å². The Bertz CT molecular complexity index is 277. The molecule has 1 saturated carbocycles. The number of amides is 1. The van der Waals surface area contributed by atoms with Crippen LogP contribution in [0.3, 0.4) is 0 Å². The Morgan fingerprint density at radius 2 is 2.05 bits per heavy atom. The van der Waals surface area contributed by atoms with E-state index in [2.05, 4.69) is 17.6 Å². The highest BCUT2D eigenvalue weighted by molar-refractivity contribution is 5.77. The normalized spacial score (nSPS) is 29.1. The zero-order chi connectivity index (χ0) is 13.5. The Labute approximate surface area is 116 Å². The molecular formula is C15H28N2O2. The van der Waals surface area contributed by atoms with Gasteiger partial charge in [0.2, 0.25) is 5.91 Å². The first kappa shape index (κ1) is 14.8. The summed E-state index contributed by atoms with van der Waals surface area (Å²) in [7, 11) is 0. The van der Waals surface area contributed by atoms with Gasteiger partial charge in [-0.2, -0.15) is 0 Å². The molecule has 19 heavy (non-hydrogen) atoms. The van der Waals surface area contributed by atoms with E-state index in [0.29, 0.717) is 6.04 Å². The smallest absolute Gasteiger partial charge is 0.246 e. The van der Waals surface area contributed by atoms with Crippen LogP contribution in [0.4, 0.5) is 0 Å². The largest absolute Gasteiger partial charge is 0.368 e. The van der Waals surface area contributed by atoms with Crippen molar-refractivity contribution >= 4 is 5.91 Å². The highest BCUT2D eigenvalue weighted by atomic mass is 16.5. The van der Waals surface area contributed by atoms with Gasteiger partial charge in [-0.15, -0.1) is 0 Å². The maximum atomic E-state index is 11.9. The fourth-order valence-corrected chi connectivity index (χ4v) is 3.22. The molecule has 0 spiro atoms. The zero-order valence-electron chi connectivity index (χ0n) is 12.1. The van der Waals surface area contributed by atoms with E-state index < -0.39 is 0 Å². The molecule has 2 atom stereocenters. The quantitative estimate of drug-likeness (QED) is 0.800. The van der Waals surface area contributed by atoms with Crippen LogP contribution in [0.1, 0.15) is 51.9 Å². The second kappa shape index (κ2) is 7.85. The van der Waals surface area contributed by atoms with Gasteiger partial charge in [0.25, 0.3) is 0 Å².